The number of hydrogen-bond acceptors (Lipinski definition) is 3. The first kappa shape index (κ1) is 18.4. The largest absolute Gasteiger partial charge is 0.338 e. The average Bonchev–Trinajstić information content (AvgIpc) is 2.69. The number of likely N-dealkylation sites (tertiary alicyclic amines) is 1. The molecule has 140 valence electrons. The lowest BCUT2D eigenvalue weighted by Crippen LogP contribution is -2.53. The molecule has 0 bridgehead atoms. The molecule has 6 heteroatoms. The molecule has 26 heavy (non-hydrogen) atoms. The van der Waals surface area contributed by atoms with Crippen molar-refractivity contribution < 1.29 is 14.4 Å². The summed E-state index contributed by atoms with van der Waals surface area (Å²) in [5, 5.41) is 0. The average molecular weight is 357 g/mol. The lowest BCUT2D eigenvalue weighted by molar-refractivity contribution is -0.142. The Kier molecular flexibility index (Phi) is 5.91. The van der Waals surface area contributed by atoms with Crippen LogP contribution >= 0.6 is 0 Å². The van der Waals surface area contributed by atoms with Crippen LogP contribution in [-0.2, 0) is 16.0 Å². The van der Waals surface area contributed by atoms with Crippen LogP contribution in [0, 0.1) is 0 Å². The van der Waals surface area contributed by atoms with Crippen molar-refractivity contribution in [2.75, 3.05) is 39.3 Å². The van der Waals surface area contributed by atoms with Gasteiger partial charge >= 0.3 is 0 Å². The molecule has 3 amide bonds. The molecule has 0 radical (unpaired) electrons. The molecule has 0 unspecified atom stereocenters. The topological polar surface area (TPSA) is 60.9 Å². The van der Waals surface area contributed by atoms with Gasteiger partial charge in [-0.25, -0.2) is 0 Å². The summed E-state index contributed by atoms with van der Waals surface area (Å²) in [5.74, 6) is 0.0829. The summed E-state index contributed by atoms with van der Waals surface area (Å²) in [7, 11) is 0. The highest BCUT2D eigenvalue weighted by Gasteiger charge is 2.27. The number of hydrogen-bond donors (Lipinski definition) is 0. The smallest absolute Gasteiger partial charge is 0.253 e. The molecule has 2 aliphatic heterocycles. The van der Waals surface area contributed by atoms with E-state index in [0.717, 1.165) is 19.3 Å². The Morgan fingerprint density at radius 1 is 0.923 bits per heavy atom. The predicted molar refractivity (Wildman–Crippen MR) is 98.7 cm³/mol. The second-order valence-electron chi connectivity index (χ2n) is 7.00. The van der Waals surface area contributed by atoms with Gasteiger partial charge in [0, 0.05) is 44.7 Å². The zero-order chi connectivity index (χ0) is 18.5. The van der Waals surface area contributed by atoms with Crippen molar-refractivity contribution in [2.45, 2.75) is 32.6 Å². The summed E-state index contributed by atoms with van der Waals surface area (Å²) in [4.78, 5) is 42.2. The number of carbonyl (C=O) groups is 3. The maximum Gasteiger partial charge on any atom is 0.253 e. The Hall–Kier alpha value is -2.37. The third kappa shape index (κ3) is 4.23. The molecule has 1 aromatic rings. The first-order valence-corrected chi connectivity index (χ1v) is 9.52. The standard InChI is InChI=1S/C20H27N3O3/c1-2-16-6-8-17(9-7-16)20(26)22-13-11-21(12-14-22)19(25)15-23-10-4-3-5-18(23)24/h6-9H,2-5,10-15H2,1H3. The van der Waals surface area contributed by atoms with Crippen LogP contribution < -0.4 is 0 Å². The van der Waals surface area contributed by atoms with E-state index < -0.39 is 0 Å². The first-order valence-electron chi connectivity index (χ1n) is 9.52. The van der Waals surface area contributed by atoms with Gasteiger partial charge in [-0.2, -0.15) is 0 Å². The van der Waals surface area contributed by atoms with Crippen molar-refractivity contribution in [3.05, 3.63) is 35.4 Å². The van der Waals surface area contributed by atoms with Crippen molar-refractivity contribution in [2.24, 2.45) is 0 Å². The minimum Gasteiger partial charge on any atom is -0.338 e. The predicted octanol–water partition coefficient (Wildman–Crippen LogP) is 1.55. The van der Waals surface area contributed by atoms with Crippen LogP contribution in [0.25, 0.3) is 0 Å². The van der Waals surface area contributed by atoms with Gasteiger partial charge in [-0.15, -0.1) is 0 Å². The van der Waals surface area contributed by atoms with E-state index in [1.807, 2.05) is 24.3 Å². The van der Waals surface area contributed by atoms with E-state index in [-0.39, 0.29) is 24.3 Å². The maximum atomic E-state index is 12.6. The van der Waals surface area contributed by atoms with Crippen LogP contribution in [0.2, 0.25) is 0 Å². The fourth-order valence-corrected chi connectivity index (χ4v) is 3.52. The van der Waals surface area contributed by atoms with Crippen LogP contribution in [-0.4, -0.2) is 71.7 Å². The molecule has 0 aromatic heterocycles. The number of aryl methyl sites for hydroxylation is 1. The van der Waals surface area contributed by atoms with Gasteiger partial charge in [0.15, 0.2) is 0 Å². The highest BCUT2D eigenvalue weighted by atomic mass is 16.2. The SMILES string of the molecule is CCc1ccc(C(=O)N2CCN(C(=O)CN3CCCCC3=O)CC2)cc1. The number of benzene rings is 1. The van der Waals surface area contributed by atoms with Crippen molar-refractivity contribution in [1.82, 2.24) is 14.7 Å². The van der Waals surface area contributed by atoms with Crippen LogP contribution in [0.4, 0.5) is 0 Å². The van der Waals surface area contributed by atoms with E-state index >= 15 is 0 Å². The molecule has 0 spiro atoms. The van der Waals surface area contributed by atoms with Gasteiger partial charge in [-0.05, 0) is 37.0 Å². The molecule has 2 fully saturated rings. The van der Waals surface area contributed by atoms with E-state index in [2.05, 4.69) is 6.92 Å². The lowest BCUT2D eigenvalue weighted by Gasteiger charge is -2.36. The Morgan fingerprint density at radius 2 is 1.58 bits per heavy atom. The maximum absolute atomic E-state index is 12.6. The number of nitrogens with zero attached hydrogens (tertiary/aromatic N) is 3. The normalized spacial score (nSPS) is 18.2. The fourth-order valence-electron chi connectivity index (χ4n) is 3.52. The first-order chi connectivity index (χ1) is 12.6. The molecular weight excluding hydrogens is 330 g/mol. The quantitative estimate of drug-likeness (QED) is 0.821. The molecule has 2 aliphatic rings. The Bertz CT molecular complexity index is 663. The van der Waals surface area contributed by atoms with Crippen LogP contribution in [0.15, 0.2) is 24.3 Å². The molecule has 0 atom stereocenters. The van der Waals surface area contributed by atoms with Crippen molar-refractivity contribution in [3.8, 4) is 0 Å². The summed E-state index contributed by atoms with van der Waals surface area (Å²) in [5.41, 5.74) is 1.91. The summed E-state index contributed by atoms with van der Waals surface area (Å²) in [6, 6.07) is 7.73. The summed E-state index contributed by atoms with van der Waals surface area (Å²) in [6.07, 6.45) is 3.39. The zero-order valence-corrected chi connectivity index (χ0v) is 15.4. The molecule has 0 aliphatic carbocycles. The molecule has 0 saturated carbocycles. The van der Waals surface area contributed by atoms with Crippen molar-refractivity contribution >= 4 is 17.7 Å². The number of piperazine rings is 1. The number of piperidine rings is 1. The highest BCUT2D eigenvalue weighted by molar-refractivity contribution is 5.94. The second kappa shape index (κ2) is 8.34. The molecule has 2 heterocycles. The Labute approximate surface area is 154 Å². The van der Waals surface area contributed by atoms with Crippen molar-refractivity contribution in [1.29, 1.82) is 0 Å². The molecular formula is C20H27N3O3. The fraction of sp³-hybridized carbons (Fsp3) is 0.550. The monoisotopic (exact) mass is 357 g/mol. The molecule has 0 N–H and O–H groups in total. The van der Waals surface area contributed by atoms with Gasteiger partial charge in [0.2, 0.25) is 11.8 Å². The van der Waals surface area contributed by atoms with Gasteiger partial charge in [-0.3, -0.25) is 14.4 Å². The number of amides is 3. The number of rotatable bonds is 4. The third-order valence-corrected chi connectivity index (χ3v) is 5.28. The highest BCUT2D eigenvalue weighted by Crippen LogP contribution is 2.13. The van der Waals surface area contributed by atoms with E-state index in [1.54, 1.807) is 14.7 Å². The Morgan fingerprint density at radius 3 is 2.19 bits per heavy atom. The van der Waals surface area contributed by atoms with Gasteiger partial charge in [0.1, 0.15) is 0 Å². The van der Waals surface area contributed by atoms with Crippen LogP contribution in [0.1, 0.15) is 42.1 Å². The van der Waals surface area contributed by atoms with E-state index in [9.17, 15) is 14.4 Å². The van der Waals surface area contributed by atoms with E-state index in [1.165, 1.54) is 5.56 Å². The Balaban J connectivity index is 1.50. The molecule has 1 aromatic carbocycles. The minimum absolute atomic E-state index is 0.0142. The van der Waals surface area contributed by atoms with Crippen LogP contribution in [0.5, 0.6) is 0 Å². The summed E-state index contributed by atoms with van der Waals surface area (Å²) >= 11 is 0. The molecule has 3 rings (SSSR count). The molecule has 6 nitrogen and oxygen atoms in total. The summed E-state index contributed by atoms with van der Waals surface area (Å²) < 4.78 is 0. The van der Waals surface area contributed by atoms with E-state index in [0.29, 0.717) is 44.7 Å². The zero-order valence-electron chi connectivity index (χ0n) is 15.4. The van der Waals surface area contributed by atoms with Crippen LogP contribution in [0.3, 0.4) is 0 Å². The van der Waals surface area contributed by atoms with Gasteiger partial charge in [0.25, 0.3) is 5.91 Å². The van der Waals surface area contributed by atoms with Gasteiger partial charge in [-0.1, -0.05) is 19.1 Å². The third-order valence-electron chi connectivity index (χ3n) is 5.28. The number of carbonyl (C=O) groups excluding carboxylic acids is 3. The van der Waals surface area contributed by atoms with Gasteiger partial charge in [0.05, 0.1) is 6.54 Å². The molecule has 2 saturated heterocycles. The second-order valence-corrected chi connectivity index (χ2v) is 7.00. The summed E-state index contributed by atoms with van der Waals surface area (Å²) in [6.45, 7) is 5.06. The van der Waals surface area contributed by atoms with E-state index in [4.69, 9.17) is 0 Å². The van der Waals surface area contributed by atoms with Crippen molar-refractivity contribution in [3.63, 3.8) is 0 Å². The lowest BCUT2D eigenvalue weighted by atomic mass is 10.1. The minimum atomic E-state index is -0.0142. The van der Waals surface area contributed by atoms with Gasteiger partial charge < -0.3 is 14.7 Å².